The van der Waals surface area contributed by atoms with Gasteiger partial charge in [0.05, 0.1) is 0 Å². The second-order valence-electron chi connectivity index (χ2n) is 1.76. The van der Waals surface area contributed by atoms with Crippen LogP contribution in [0, 0.1) is 6.92 Å². The number of hydrogen-bond donors (Lipinski definition) is 0. The molecule has 9 heavy (non-hydrogen) atoms. The van der Waals surface area contributed by atoms with Crippen LogP contribution in [0.5, 0.6) is 0 Å². The van der Waals surface area contributed by atoms with E-state index in [1.165, 1.54) is 0 Å². The maximum Gasteiger partial charge on any atom is 0.294 e. The Morgan fingerprint density at radius 2 is 2.44 bits per heavy atom. The molecule has 1 unspecified atom stereocenters. The van der Waals surface area contributed by atoms with Crippen molar-refractivity contribution in [2.24, 2.45) is 0 Å². The summed E-state index contributed by atoms with van der Waals surface area (Å²) in [5.74, 6) is 0. The zero-order valence-corrected chi connectivity index (χ0v) is 5.83. The average Bonchev–Trinajstić information content (AvgIpc) is 1.87. The fourth-order valence-corrected chi connectivity index (χ4v) is 0.372. The van der Waals surface area contributed by atoms with Crippen molar-refractivity contribution in [3.8, 4) is 0 Å². The predicted octanol–water partition coefficient (Wildman–Crippen LogP) is 0.271. The Morgan fingerprint density at radius 3 is 2.78 bits per heavy atom. The molecular formula is C6H12NO2. The number of carbonyl (C=O) groups excluding carboxylic acids is 1. The first-order valence-electron chi connectivity index (χ1n) is 2.84. The fraction of sp³-hybridized carbons (Fsp3) is 0.667. The van der Waals surface area contributed by atoms with Gasteiger partial charge in [-0.15, -0.1) is 0 Å². The van der Waals surface area contributed by atoms with Crippen molar-refractivity contribution in [3.05, 3.63) is 6.92 Å². The van der Waals surface area contributed by atoms with Crippen LogP contribution in [0.3, 0.4) is 0 Å². The average molecular weight is 130 g/mol. The molecule has 0 heterocycles. The summed E-state index contributed by atoms with van der Waals surface area (Å²) in [5, 5.41) is 0. The molecule has 3 heteroatoms. The van der Waals surface area contributed by atoms with Crippen molar-refractivity contribution in [1.82, 2.24) is 4.90 Å². The van der Waals surface area contributed by atoms with Crippen molar-refractivity contribution in [2.75, 3.05) is 13.6 Å². The van der Waals surface area contributed by atoms with E-state index in [1.54, 1.807) is 0 Å². The van der Waals surface area contributed by atoms with E-state index in [4.69, 9.17) is 0 Å². The largest absolute Gasteiger partial charge is 0.449 e. The molecule has 0 aromatic rings. The topological polar surface area (TPSA) is 29.5 Å². The van der Waals surface area contributed by atoms with Gasteiger partial charge >= 0.3 is 0 Å². The highest BCUT2D eigenvalue weighted by atomic mass is 16.5. The molecule has 1 atom stereocenters. The van der Waals surface area contributed by atoms with Crippen LogP contribution in [-0.2, 0) is 9.53 Å². The number of nitrogens with zero attached hydrogens (tertiary/aromatic N) is 1. The van der Waals surface area contributed by atoms with Gasteiger partial charge in [0, 0.05) is 6.92 Å². The molecule has 0 bridgehead atoms. The summed E-state index contributed by atoms with van der Waals surface area (Å²) in [5.41, 5.74) is 0. The predicted molar refractivity (Wildman–Crippen MR) is 34.6 cm³/mol. The van der Waals surface area contributed by atoms with Crippen LogP contribution < -0.4 is 0 Å². The smallest absolute Gasteiger partial charge is 0.294 e. The number of hydrogen-bond acceptors (Lipinski definition) is 3. The van der Waals surface area contributed by atoms with Gasteiger partial charge in [-0.1, -0.05) is 6.92 Å². The summed E-state index contributed by atoms with van der Waals surface area (Å²) in [6.07, 6.45) is -0.354. The van der Waals surface area contributed by atoms with Crippen LogP contribution in [0.25, 0.3) is 0 Å². The van der Waals surface area contributed by atoms with Crippen LogP contribution in [0.4, 0.5) is 0 Å². The van der Waals surface area contributed by atoms with Crippen LogP contribution in [0.1, 0.15) is 6.92 Å². The summed E-state index contributed by atoms with van der Waals surface area (Å²) in [6, 6.07) is 0. The van der Waals surface area contributed by atoms with Gasteiger partial charge in [-0.25, -0.2) is 0 Å². The summed E-state index contributed by atoms with van der Waals surface area (Å²) >= 11 is 0. The van der Waals surface area contributed by atoms with Crippen LogP contribution >= 0.6 is 0 Å². The van der Waals surface area contributed by atoms with E-state index in [0.717, 1.165) is 6.54 Å². The lowest BCUT2D eigenvalue weighted by Gasteiger charge is -2.19. The highest BCUT2D eigenvalue weighted by molar-refractivity contribution is 5.37. The van der Waals surface area contributed by atoms with Gasteiger partial charge in [-0.3, -0.25) is 9.69 Å². The molecule has 53 valence electrons. The third-order valence-electron chi connectivity index (χ3n) is 1.20. The fourth-order valence-electron chi connectivity index (χ4n) is 0.372. The monoisotopic (exact) mass is 130 g/mol. The Labute approximate surface area is 55.6 Å². The van der Waals surface area contributed by atoms with Crippen molar-refractivity contribution >= 4 is 6.47 Å². The first kappa shape index (κ1) is 8.43. The van der Waals surface area contributed by atoms with Gasteiger partial charge in [0.2, 0.25) is 0 Å². The molecule has 0 fully saturated rings. The zero-order chi connectivity index (χ0) is 7.28. The standard InChI is InChI=1S/C6H12NO2/c1-4-7(3)6(2)9-5-8/h5-6H,2,4H2,1,3H3. The highest BCUT2D eigenvalue weighted by Crippen LogP contribution is 1.92. The van der Waals surface area contributed by atoms with Crippen LogP contribution in [0.2, 0.25) is 0 Å². The molecular weight excluding hydrogens is 118 g/mol. The van der Waals surface area contributed by atoms with E-state index in [1.807, 2.05) is 18.9 Å². The van der Waals surface area contributed by atoms with Gasteiger partial charge in [-0.2, -0.15) is 0 Å². The minimum Gasteiger partial charge on any atom is -0.449 e. The Morgan fingerprint density at radius 1 is 1.89 bits per heavy atom. The van der Waals surface area contributed by atoms with Crippen LogP contribution in [0.15, 0.2) is 0 Å². The zero-order valence-electron chi connectivity index (χ0n) is 5.83. The van der Waals surface area contributed by atoms with Gasteiger partial charge in [-0.05, 0) is 13.6 Å². The second-order valence-corrected chi connectivity index (χ2v) is 1.76. The Balaban J connectivity index is 3.44. The maximum atomic E-state index is 9.75. The van der Waals surface area contributed by atoms with Gasteiger partial charge in [0.1, 0.15) is 0 Å². The molecule has 0 aliphatic heterocycles. The normalized spacial score (nSPS) is 13.3. The summed E-state index contributed by atoms with van der Waals surface area (Å²) in [6.45, 7) is 6.76. The number of carbonyl (C=O) groups is 1. The van der Waals surface area contributed by atoms with Crippen LogP contribution in [-0.4, -0.2) is 31.2 Å². The second kappa shape index (κ2) is 4.32. The van der Waals surface area contributed by atoms with E-state index < -0.39 is 0 Å². The maximum absolute atomic E-state index is 9.75. The van der Waals surface area contributed by atoms with Gasteiger partial charge < -0.3 is 4.74 Å². The Bertz CT molecular complexity index is 85.1. The van der Waals surface area contributed by atoms with E-state index in [2.05, 4.69) is 11.7 Å². The Kier molecular flexibility index (Phi) is 4.05. The lowest BCUT2D eigenvalue weighted by Crippen LogP contribution is -2.30. The van der Waals surface area contributed by atoms with Crippen molar-refractivity contribution in [2.45, 2.75) is 13.2 Å². The summed E-state index contributed by atoms with van der Waals surface area (Å²) in [4.78, 5) is 11.6. The molecule has 0 saturated heterocycles. The highest BCUT2D eigenvalue weighted by Gasteiger charge is 2.04. The lowest BCUT2D eigenvalue weighted by molar-refractivity contribution is -0.138. The SMILES string of the molecule is [CH2]C(OC=O)N(C)CC. The lowest BCUT2D eigenvalue weighted by atomic mass is 10.5. The molecule has 0 aromatic carbocycles. The van der Waals surface area contributed by atoms with E-state index in [0.29, 0.717) is 6.47 Å². The van der Waals surface area contributed by atoms with Crippen molar-refractivity contribution in [3.63, 3.8) is 0 Å². The van der Waals surface area contributed by atoms with Gasteiger partial charge in [0.25, 0.3) is 6.47 Å². The van der Waals surface area contributed by atoms with Gasteiger partial charge in [0.15, 0.2) is 6.23 Å². The van der Waals surface area contributed by atoms with E-state index in [-0.39, 0.29) is 6.23 Å². The minimum absolute atomic E-state index is 0.354. The molecule has 0 aliphatic carbocycles. The minimum atomic E-state index is -0.354. The molecule has 0 spiro atoms. The Hall–Kier alpha value is -0.570. The molecule has 0 aliphatic rings. The van der Waals surface area contributed by atoms with Crippen molar-refractivity contribution in [1.29, 1.82) is 0 Å². The summed E-state index contributed by atoms with van der Waals surface area (Å²) in [7, 11) is 1.83. The molecule has 1 radical (unpaired) electrons. The number of rotatable bonds is 4. The molecule has 0 N–H and O–H groups in total. The first-order valence-corrected chi connectivity index (χ1v) is 2.84. The van der Waals surface area contributed by atoms with E-state index >= 15 is 0 Å². The summed E-state index contributed by atoms with van der Waals surface area (Å²) < 4.78 is 4.53. The number of ether oxygens (including phenoxy) is 1. The third kappa shape index (κ3) is 3.08. The first-order chi connectivity index (χ1) is 4.22. The quantitative estimate of drug-likeness (QED) is 0.404. The molecule has 0 amide bonds. The molecule has 0 aromatic heterocycles. The molecule has 0 rings (SSSR count). The van der Waals surface area contributed by atoms with Crippen molar-refractivity contribution < 1.29 is 9.53 Å². The molecule has 0 saturated carbocycles. The van der Waals surface area contributed by atoms with E-state index in [9.17, 15) is 4.79 Å². The third-order valence-corrected chi connectivity index (χ3v) is 1.20. The molecule has 3 nitrogen and oxygen atoms in total.